The molecule has 5 rings (SSSR count). The number of hydrogen-bond acceptors (Lipinski definition) is 6. The maximum absolute atomic E-state index is 14.6. The van der Waals surface area contributed by atoms with Crippen molar-refractivity contribution in [2.24, 2.45) is 0 Å². The second-order valence-electron chi connectivity index (χ2n) is 8.22. The minimum atomic E-state index is -4.07. The molecule has 0 bridgehead atoms. The van der Waals surface area contributed by atoms with Crippen LogP contribution in [-0.2, 0) is 14.8 Å². The minimum Gasteiger partial charge on any atom is -0.486 e. The van der Waals surface area contributed by atoms with E-state index in [1.54, 1.807) is 4.90 Å². The van der Waals surface area contributed by atoms with Crippen molar-refractivity contribution in [2.75, 3.05) is 46.1 Å². The van der Waals surface area contributed by atoms with Crippen LogP contribution >= 0.6 is 0 Å². The fourth-order valence-electron chi connectivity index (χ4n) is 4.55. The van der Waals surface area contributed by atoms with Gasteiger partial charge < -0.3 is 19.1 Å². The van der Waals surface area contributed by atoms with Gasteiger partial charge in [0.1, 0.15) is 23.9 Å². The first-order valence-corrected chi connectivity index (χ1v) is 12.5. The Balaban J connectivity index is 1.42. The number of hydrogen-bond donors (Lipinski definition) is 0. The summed E-state index contributed by atoms with van der Waals surface area (Å²) in [5, 5.41) is 0. The summed E-state index contributed by atoms with van der Waals surface area (Å²) in [6, 6.07) is 9.02. The second-order valence-corrected chi connectivity index (χ2v) is 10.1. The number of nitrogens with zero attached hydrogens (tertiary/aromatic N) is 2. The third-order valence-corrected chi connectivity index (χ3v) is 8.14. The molecule has 2 fully saturated rings. The molecule has 0 spiro atoms. The first kappa shape index (κ1) is 22.1. The highest BCUT2D eigenvalue weighted by Crippen LogP contribution is 2.39. The lowest BCUT2D eigenvalue weighted by molar-refractivity contribution is 0.0726. The number of rotatable bonds is 4. The second kappa shape index (κ2) is 8.92. The van der Waals surface area contributed by atoms with Gasteiger partial charge in [-0.1, -0.05) is 6.07 Å². The number of amides is 1. The molecule has 1 amide bonds. The fourth-order valence-corrected chi connectivity index (χ4v) is 6.05. The zero-order valence-electron chi connectivity index (χ0n) is 18.0. The number of carbonyl (C=O) groups excluding carboxylic acids is 1. The Morgan fingerprint density at radius 2 is 1.70 bits per heavy atom. The van der Waals surface area contributed by atoms with Gasteiger partial charge in [0.2, 0.25) is 10.0 Å². The molecule has 1 atom stereocenters. The van der Waals surface area contributed by atoms with Gasteiger partial charge >= 0.3 is 0 Å². The molecule has 176 valence electrons. The molecule has 10 heteroatoms. The van der Waals surface area contributed by atoms with Gasteiger partial charge in [-0.25, -0.2) is 12.8 Å². The summed E-state index contributed by atoms with van der Waals surface area (Å²) in [6.45, 7) is 2.31. The number of benzene rings is 2. The highest BCUT2D eigenvalue weighted by molar-refractivity contribution is 7.89. The van der Waals surface area contributed by atoms with Gasteiger partial charge in [-0.15, -0.1) is 0 Å². The number of halogens is 1. The summed E-state index contributed by atoms with van der Waals surface area (Å²) in [4.78, 5) is 14.6. The Kier molecular flexibility index (Phi) is 5.98. The third kappa shape index (κ3) is 4.18. The van der Waals surface area contributed by atoms with E-state index < -0.39 is 20.7 Å². The number of sulfonamides is 1. The number of ether oxygens (including phenoxy) is 3. The average Bonchev–Trinajstić information content (AvgIpc) is 3.34. The van der Waals surface area contributed by atoms with E-state index >= 15 is 0 Å². The van der Waals surface area contributed by atoms with Gasteiger partial charge in [0, 0.05) is 25.2 Å². The van der Waals surface area contributed by atoms with E-state index in [0.717, 1.165) is 30.5 Å². The maximum atomic E-state index is 14.6. The van der Waals surface area contributed by atoms with Crippen molar-refractivity contribution in [3.05, 3.63) is 53.3 Å². The van der Waals surface area contributed by atoms with E-state index in [9.17, 15) is 17.6 Å². The van der Waals surface area contributed by atoms with Crippen molar-refractivity contribution < 1.29 is 31.8 Å². The van der Waals surface area contributed by atoms with E-state index in [1.807, 2.05) is 18.2 Å². The molecule has 3 heterocycles. The van der Waals surface area contributed by atoms with Gasteiger partial charge in [-0.2, -0.15) is 4.31 Å². The normalized spacial score (nSPS) is 21.2. The van der Waals surface area contributed by atoms with Crippen LogP contribution in [0.4, 0.5) is 4.39 Å². The van der Waals surface area contributed by atoms with Crippen molar-refractivity contribution in [1.29, 1.82) is 0 Å². The topological polar surface area (TPSA) is 85.4 Å². The van der Waals surface area contributed by atoms with Crippen molar-refractivity contribution >= 4 is 15.9 Å². The minimum absolute atomic E-state index is 0.146. The van der Waals surface area contributed by atoms with Crippen LogP contribution in [0.3, 0.4) is 0 Å². The molecule has 0 aromatic heterocycles. The Morgan fingerprint density at radius 3 is 2.48 bits per heavy atom. The fraction of sp³-hybridized carbons (Fsp3) is 0.435. The lowest BCUT2D eigenvalue weighted by Gasteiger charge is -2.28. The summed E-state index contributed by atoms with van der Waals surface area (Å²) >= 11 is 0. The zero-order valence-corrected chi connectivity index (χ0v) is 18.9. The van der Waals surface area contributed by atoms with Crippen LogP contribution in [0.5, 0.6) is 11.5 Å². The van der Waals surface area contributed by atoms with Gasteiger partial charge in [-0.05, 0) is 48.7 Å². The number of morpholine rings is 1. The molecule has 2 aromatic rings. The van der Waals surface area contributed by atoms with Crippen molar-refractivity contribution in [2.45, 2.75) is 23.8 Å². The van der Waals surface area contributed by atoms with Crippen LogP contribution in [0.25, 0.3) is 0 Å². The Hall–Kier alpha value is -2.69. The van der Waals surface area contributed by atoms with Crippen LogP contribution in [0, 0.1) is 5.82 Å². The molecule has 0 unspecified atom stereocenters. The molecule has 0 saturated carbocycles. The monoisotopic (exact) mass is 476 g/mol. The van der Waals surface area contributed by atoms with E-state index in [0.29, 0.717) is 31.3 Å². The molecular formula is C23H25FN2O6S. The molecule has 0 N–H and O–H groups in total. The van der Waals surface area contributed by atoms with Crippen LogP contribution < -0.4 is 9.47 Å². The van der Waals surface area contributed by atoms with Gasteiger partial charge in [-0.3, -0.25) is 4.79 Å². The molecule has 0 aliphatic carbocycles. The van der Waals surface area contributed by atoms with E-state index in [-0.39, 0.29) is 43.8 Å². The quantitative estimate of drug-likeness (QED) is 0.675. The summed E-state index contributed by atoms with van der Waals surface area (Å²) in [6.07, 6.45) is 1.58. The Labute approximate surface area is 191 Å². The van der Waals surface area contributed by atoms with Crippen LogP contribution in [0.15, 0.2) is 41.3 Å². The molecule has 0 radical (unpaired) electrons. The highest BCUT2D eigenvalue weighted by atomic mass is 32.2. The Bertz CT molecular complexity index is 1170. The molecular weight excluding hydrogens is 451 g/mol. The number of carbonyl (C=O) groups is 1. The van der Waals surface area contributed by atoms with Crippen LogP contribution in [0.1, 0.15) is 34.8 Å². The van der Waals surface area contributed by atoms with Gasteiger partial charge in [0.15, 0.2) is 11.5 Å². The first-order valence-electron chi connectivity index (χ1n) is 11.0. The number of fused-ring (bicyclic) bond motifs is 1. The summed E-state index contributed by atoms with van der Waals surface area (Å²) in [5.74, 6) is 0.129. The van der Waals surface area contributed by atoms with Crippen LogP contribution in [-0.4, -0.2) is 69.6 Å². The molecule has 2 saturated heterocycles. The maximum Gasteiger partial charge on any atom is 0.254 e. The molecule has 33 heavy (non-hydrogen) atoms. The largest absolute Gasteiger partial charge is 0.486 e. The highest BCUT2D eigenvalue weighted by Gasteiger charge is 2.34. The molecule has 3 aliphatic heterocycles. The van der Waals surface area contributed by atoms with Crippen molar-refractivity contribution in [1.82, 2.24) is 9.21 Å². The standard InChI is InChI=1S/C23H25FN2O6S/c24-18-5-3-17(15-22(18)33(28,29)25-8-10-30-11-9-25)23(27)26-7-1-2-19(26)16-4-6-20-21(14-16)32-13-12-31-20/h3-6,14-15,19H,1-2,7-13H2/t19-/m1/s1. The predicted octanol–water partition coefficient (Wildman–Crippen LogP) is 2.60. The SMILES string of the molecule is O=C(c1ccc(F)c(S(=O)(=O)N2CCOCC2)c1)N1CCC[C@@H]1c1ccc2c(c1)OCCO2. The Morgan fingerprint density at radius 1 is 0.939 bits per heavy atom. The first-order chi connectivity index (χ1) is 15.9. The lowest BCUT2D eigenvalue weighted by atomic mass is 10.0. The van der Waals surface area contributed by atoms with Gasteiger partial charge in [0.05, 0.1) is 19.3 Å². The van der Waals surface area contributed by atoms with E-state index in [2.05, 4.69) is 0 Å². The molecule has 8 nitrogen and oxygen atoms in total. The summed E-state index contributed by atoms with van der Waals surface area (Å²) in [7, 11) is -4.07. The van der Waals surface area contributed by atoms with Crippen molar-refractivity contribution in [3.8, 4) is 11.5 Å². The van der Waals surface area contributed by atoms with Crippen LogP contribution in [0.2, 0.25) is 0 Å². The average molecular weight is 477 g/mol. The van der Waals surface area contributed by atoms with E-state index in [4.69, 9.17) is 14.2 Å². The molecule has 2 aromatic carbocycles. The summed E-state index contributed by atoms with van der Waals surface area (Å²) in [5.41, 5.74) is 1.07. The summed E-state index contributed by atoms with van der Waals surface area (Å²) < 4.78 is 58.2. The smallest absolute Gasteiger partial charge is 0.254 e. The zero-order chi connectivity index (χ0) is 23.0. The molecule has 3 aliphatic rings. The van der Waals surface area contributed by atoms with Crippen molar-refractivity contribution in [3.63, 3.8) is 0 Å². The third-order valence-electron chi connectivity index (χ3n) is 6.23. The predicted molar refractivity (Wildman–Crippen MR) is 116 cm³/mol. The van der Waals surface area contributed by atoms with E-state index in [1.165, 1.54) is 10.4 Å². The number of likely N-dealkylation sites (tertiary alicyclic amines) is 1. The lowest BCUT2D eigenvalue weighted by Crippen LogP contribution is -2.41. The van der Waals surface area contributed by atoms with Gasteiger partial charge in [0.25, 0.3) is 5.91 Å².